The van der Waals surface area contributed by atoms with Gasteiger partial charge in [-0.05, 0) is 40.3 Å². The van der Waals surface area contributed by atoms with Gasteiger partial charge in [0.05, 0.1) is 12.1 Å². The normalized spacial score (nSPS) is 20.9. The minimum atomic E-state index is -0.678. The Bertz CT molecular complexity index is 911. The van der Waals surface area contributed by atoms with Gasteiger partial charge in [0.2, 0.25) is 0 Å². The lowest BCUT2D eigenvalue weighted by atomic mass is 9.82. The van der Waals surface area contributed by atoms with Crippen molar-refractivity contribution in [3.8, 4) is 0 Å². The largest absolute Gasteiger partial charge is 0.388 e. The first-order valence-corrected chi connectivity index (χ1v) is 9.72. The molecule has 0 bridgehead atoms. The van der Waals surface area contributed by atoms with E-state index in [1.807, 2.05) is 49.5 Å². The fourth-order valence-electron chi connectivity index (χ4n) is 3.71. The van der Waals surface area contributed by atoms with E-state index in [2.05, 4.69) is 27.5 Å². The first-order valence-electron chi connectivity index (χ1n) is 8.47. The lowest BCUT2D eigenvalue weighted by Crippen LogP contribution is -2.26. The van der Waals surface area contributed by atoms with Crippen LogP contribution in [0.1, 0.15) is 28.1 Å². The van der Waals surface area contributed by atoms with Crippen LogP contribution in [0.15, 0.2) is 72.5 Å². The van der Waals surface area contributed by atoms with Crippen LogP contribution in [-0.2, 0) is 0 Å². The Morgan fingerprint density at radius 3 is 2.69 bits per heavy atom. The molecular weight excluding hydrogens is 364 g/mol. The number of aromatic nitrogens is 1. The van der Waals surface area contributed by atoms with Crippen LogP contribution < -0.4 is 0 Å². The van der Waals surface area contributed by atoms with Crippen LogP contribution in [0, 0.1) is 5.92 Å². The Morgan fingerprint density at radius 1 is 1.15 bits per heavy atom. The number of pyridine rings is 1. The van der Waals surface area contributed by atoms with Gasteiger partial charge in [-0.3, -0.25) is 4.98 Å². The van der Waals surface area contributed by atoms with Crippen LogP contribution in [0.2, 0.25) is 5.02 Å². The molecule has 0 saturated heterocycles. The third-order valence-electron chi connectivity index (χ3n) is 4.88. The molecule has 0 spiro atoms. The molecule has 1 aliphatic rings. The van der Waals surface area contributed by atoms with Crippen molar-refractivity contribution in [2.24, 2.45) is 5.92 Å². The van der Waals surface area contributed by atoms with Gasteiger partial charge in [-0.25, -0.2) is 0 Å². The summed E-state index contributed by atoms with van der Waals surface area (Å²) >= 11 is 8.20. The number of aliphatic hydroxyl groups is 1. The zero-order valence-corrected chi connectivity index (χ0v) is 15.9. The van der Waals surface area contributed by atoms with Crippen LogP contribution in [0.4, 0.5) is 0 Å². The summed E-state index contributed by atoms with van der Waals surface area (Å²) in [7, 11) is 2.04. The molecule has 3 heterocycles. The second-order valence-corrected chi connectivity index (χ2v) is 7.81. The van der Waals surface area contributed by atoms with E-state index < -0.39 is 6.10 Å². The fourth-order valence-corrected chi connectivity index (χ4v) is 4.74. The third-order valence-corrected chi connectivity index (χ3v) is 6.14. The van der Waals surface area contributed by atoms with E-state index in [0.29, 0.717) is 5.02 Å². The number of halogens is 1. The zero-order valence-electron chi connectivity index (χ0n) is 14.3. The van der Waals surface area contributed by atoms with E-state index in [1.165, 1.54) is 4.88 Å². The highest BCUT2D eigenvalue weighted by Crippen LogP contribution is 2.51. The second kappa shape index (κ2) is 7.23. The SMILES string of the molecule is CN1C=C(c2cccs2)C(C(O)c2cccnc2)C1c1ccccc1Cl. The number of rotatable bonds is 4. The number of benzene rings is 1. The Kier molecular flexibility index (Phi) is 4.81. The molecule has 1 N–H and O–H groups in total. The summed E-state index contributed by atoms with van der Waals surface area (Å²) in [6.45, 7) is 0. The van der Waals surface area contributed by atoms with Crippen LogP contribution >= 0.6 is 22.9 Å². The molecule has 0 amide bonds. The summed E-state index contributed by atoms with van der Waals surface area (Å²) < 4.78 is 0. The Hall–Kier alpha value is -2.14. The van der Waals surface area contributed by atoms with E-state index in [0.717, 1.165) is 16.7 Å². The van der Waals surface area contributed by atoms with Gasteiger partial charge in [0.15, 0.2) is 0 Å². The molecule has 2 aromatic heterocycles. The van der Waals surface area contributed by atoms with Crippen LogP contribution in [-0.4, -0.2) is 22.0 Å². The van der Waals surface area contributed by atoms with Crippen molar-refractivity contribution in [2.45, 2.75) is 12.1 Å². The first-order chi connectivity index (χ1) is 12.7. The third kappa shape index (κ3) is 3.05. The minimum absolute atomic E-state index is 0.0454. The monoisotopic (exact) mass is 382 g/mol. The van der Waals surface area contributed by atoms with Crippen LogP contribution in [0.5, 0.6) is 0 Å². The van der Waals surface area contributed by atoms with Gasteiger partial charge in [-0.2, -0.15) is 0 Å². The van der Waals surface area contributed by atoms with Crippen molar-refractivity contribution in [3.05, 3.63) is 93.5 Å². The summed E-state index contributed by atoms with van der Waals surface area (Å²) in [6, 6.07) is 15.7. The Balaban J connectivity index is 1.82. The van der Waals surface area contributed by atoms with Gasteiger partial charge < -0.3 is 10.0 Å². The van der Waals surface area contributed by atoms with Crippen molar-refractivity contribution in [1.29, 1.82) is 0 Å². The zero-order chi connectivity index (χ0) is 18.1. The van der Waals surface area contributed by atoms with Crippen molar-refractivity contribution < 1.29 is 5.11 Å². The number of hydrogen-bond acceptors (Lipinski definition) is 4. The van der Waals surface area contributed by atoms with Crippen molar-refractivity contribution >= 4 is 28.5 Å². The molecule has 1 aliphatic heterocycles. The van der Waals surface area contributed by atoms with E-state index in [9.17, 15) is 5.11 Å². The standard InChI is InChI=1S/C21H19ClN2OS/c1-24-13-16(18-9-5-11-26-18)19(21(25)14-6-4-10-23-12-14)20(24)15-7-2-3-8-17(15)22/h2-13,19-21,25H,1H3. The highest BCUT2D eigenvalue weighted by atomic mass is 35.5. The highest BCUT2D eigenvalue weighted by Gasteiger charge is 2.41. The average molecular weight is 383 g/mol. The molecule has 0 saturated carbocycles. The molecule has 0 fully saturated rings. The molecule has 5 heteroatoms. The minimum Gasteiger partial charge on any atom is -0.388 e. The molecule has 26 heavy (non-hydrogen) atoms. The average Bonchev–Trinajstić information content (AvgIpc) is 3.30. The van der Waals surface area contributed by atoms with Crippen molar-refractivity contribution in [3.63, 3.8) is 0 Å². The molecule has 3 unspecified atom stereocenters. The summed E-state index contributed by atoms with van der Waals surface area (Å²) in [5.74, 6) is -0.136. The van der Waals surface area contributed by atoms with E-state index in [-0.39, 0.29) is 12.0 Å². The molecule has 0 radical (unpaired) electrons. The fraction of sp³-hybridized carbons (Fsp3) is 0.190. The summed E-state index contributed by atoms with van der Waals surface area (Å²) in [4.78, 5) is 7.50. The highest BCUT2D eigenvalue weighted by molar-refractivity contribution is 7.11. The van der Waals surface area contributed by atoms with E-state index >= 15 is 0 Å². The van der Waals surface area contributed by atoms with Gasteiger partial charge in [0.25, 0.3) is 0 Å². The van der Waals surface area contributed by atoms with Crippen molar-refractivity contribution in [1.82, 2.24) is 9.88 Å². The second-order valence-electron chi connectivity index (χ2n) is 6.45. The maximum absolute atomic E-state index is 11.3. The first kappa shape index (κ1) is 17.3. The van der Waals surface area contributed by atoms with Gasteiger partial charge in [-0.15, -0.1) is 11.3 Å². The maximum atomic E-state index is 11.3. The summed E-state index contributed by atoms with van der Waals surface area (Å²) in [6.07, 6.45) is 4.91. The lowest BCUT2D eigenvalue weighted by Gasteiger charge is -2.32. The summed E-state index contributed by atoms with van der Waals surface area (Å²) in [5, 5.41) is 14.1. The van der Waals surface area contributed by atoms with Crippen molar-refractivity contribution in [2.75, 3.05) is 7.05 Å². The van der Waals surface area contributed by atoms with Gasteiger partial charge in [-0.1, -0.05) is 41.9 Å². The molecule has 3 nitrogen and oxygen atoms in total. The topological polar surface area (TPSA) is 36.4 Å². The molecule has 0 aliphatic carbocycles. The van der Waals surface area contributed by atoms with Gasteiger partial charge >= 0.3 is 0 Å². The number of thiophene rings is 1. The maximum Gasteiger partial charge on any atom is 0.0897 e. The molecule has 3 atom stereocenters. The van der Waals surface area contributed by atoms with E-state index in [1.54, 1.807) is 23.7 Å². The smallest absolute Gasteiger partial charge is 0.0897 e. The van der Waals surface area contributed by atoms with Gasteiger partial charge in [0.1, 0.15) is 0 Å². The number of nitrogens with zero attached hydrogens (tertiary/aromatic N) is 2. The Labute approximate surface area is 162 Å². The van der Waals surface area contributed by atoms with Crippen LogP contribution in [0.25, 0.3) is 5.57 Å². The van der Waals surface area contributed by atoms with E-state index in [4.69, 9.17) is 11.6 Å². The molecule has 3 aromatic rings. The number of aliphatic hydroxyl groups excluding tert-OH is 1. The summed E-state index contributed by atoms with van der Waals surface area (Å²) in [5.41, 5.74) is 2.96. The molecule has 4 rings (SSSR count). The predicted octanol–water partition coefficient (Wildman–Crippen LogP) is 5.17. The Morgan fingerprint density at radius 2 is 2.00 bits per heavy atom. The lowest BCUT2D eigenvalue weighted by molar-refractivity contribution is 0.101. The molecule has 1 aromatic carbocycles. The molecular formula is C21H19ClN2OS. The van der Waals surface area contributed by atoms with Gasteiger partial charge in [0, 0.05) is 41.5 Å². The predicted molar refractivity (Wildman–Crippen MR) is 107 cm³/mol. The number of hydrogen-bond donors (Lipinski definition) is 1. The quantitative estimate of drug-likeness (QED) is 0.675. The van der Waals surface area contributed by atoms with Crippen LogP contribution in [0.3, 0.4) is 0 Å². The molecule has 132 valence electrons.